The molecular formula is C28H35BrN2O3S2. The lowest BCUT2D eigenvalue weighted by Gasteiger charge is -2.31. The second kappa shape index (κ2) is 11.7. The summed E-state index contributed by atoms with van der Waals surface area (Å²) in [5.41, 5.74) is 4.18. The molecule has 194 valence electrons. The number of hydrogen-bond donors (Lipinski definition) is 0. The third-order valence-corrected chi connectivity index (χ3v) is 9.01. The molecule has 0 saturated carbocycles. The Morgan fingerprint density at radius 3 is 2.14 bits per heavy atom. The highest BCUT2D eigenvalue weighted by molar-refractivity contribution is 9.10. The summed E-state index contributed by atoms with van der Waals surface area (Å²) >= 11 is 7.94. The summed E-state index contributed by atoms with van der Waals surface area (Å²) in [7, 11) is 2.77. The number of carbonyl (C=O) groups is 1. The molecule has 0 amide bonds. The first-order valence-electron chi connectivity index (χ1n) is 11.8. The Morgan fingerprint density at radius 2 is 1.56 bits per heavy atom. The number of benzene rings is 2. The third-order valence-electron chi connectivity index (χ3n) is 5.26. The molecule has 0 unspecified atom stereocenters. The Hall–Kier alpha value is -1.90. The summed E-state index contributed by atoms with van der Waals surface area (Å²) in [5, 5.41) is 5.20. The maximum Gasteiger partial charge on any atom is 0.360 e. The smallest absolute Gasteiger partial charge is 0.360 e. The molecule has 3 aromatic rings. The van der Waals surface area contributed by atoms with E-state index in [-0.39, 0.29) is 19.8 Å². The molecule has 0 radical (unpaired) electrons. The van der Waals surface area contributed by atoms with Crippen LogP contribution in [0.25, 0.3) is 10.9 Å². The molecule has 0 aliphatic heterocycles. The molecule has 2 aromatic carbocycles. The predicted octanol–water partition coefficient (Wildman–Crippen LogP) is 8.04. The minimum Gasteiger partial charge on any atom is -0.464 e. The molecular weight excluding hydrogens is 556 g/mol. The van der Waals surface area contributed by atoms with Crippen molar-refractivity contribution in [1.29, 1.82) is 0 Å². The van der Waals surface area contributed by atoms with Gasteiger partial charge in [-0.3, -0.25) is 0 Å². The highest BCUT2D eigenvalue weighted by Crippen LogP contribution is 2.54. The molecule has 0 bridgehead atoms. The standard InChI is InChI=1S/C28H35BrN2O3S2/c1-27(2,3)35-26(36-28(4,5)6)22-20-15-11-12-16-21(20)31(24(22)29)17-18-13-9-10-14-19(18)23(30-34-8)25(32)33-7/h9-16,26H,17H2,1-8H3. The zero-order valence-corrected chi connectivity index (χ0v) is 25.4. The van der Waals surface area contributed by atoms with E-state index in [0.717, 1.165) is 15.7 Å². The van der Waals surface area contributed by atoms with Gasteiger partial charge in [-0.05, 0) is 27.6 Å². The fourth-order valence-corrected chi connectivity index (χ4v) is 8.89. The quantitative estimate of drug-likeness (QED) is 0.115. The number of methoxy groups -OCH3 is 1. The van der Waals surface area contributed by atoms with Crippen LogP contribution in [0.1, 0.15) is 62.8 Å². The number of rotatable bonds is 8. The molecule has 0 fully saturated rings. The molecule has 5 nitrogen and oxygen atoms in total. The Morgan fingerprint density at radius 1 is 0.972 bits per heavy atom. The van der Waals surface area contributed by atoms with Crippen LogP contribution in [0.15, 0.2) is 58.3 Å². The van der Waals surface area contributed by atoms with Gasteiger partial charge in [0.15, 0.2) is 5.71 Å². The van der Waals surface area contributed by atoms with Gasteiger partial charge in [-0.1, -0.05) is 89.2 Å². The van der Waals surface area contributed by atoms with Gasteiger partial charge in [0.1, 0.15) is 7.11 Å². The average molecular weight is 592 g/mol. The van der Waals surface area contributed by atoms with E-state index < -0.39 is 5.97 Å². The Balaban J connectivity index is 2.19. The van der Waals surface area contributed by atoms with E-state index in [1.54, 1.807) is 0 Å². The lowest BCUT2D eigenvalue weighted by atomic mass is 10.0. The molecule has 36 heavy (non-hydrogen) atoms. The summed E-state index contributed by atoms with van der Waals surface area (Å²) in [4.78, 5) is 17.5. The van der Waals surface area contributed by atoms with Crippen LogP contribution in [0.2, 0.25) is 0 Å². The van der Waals surface area contributed by atoms with Gasteiger partial charge in [-0.25, -0.2) is 4.79 Å². The number of ether oxygens (including phenoxy) is 1. The normalized spacial score (nSPS) is 12.9. The molecule has 0 spiro atoms. The van der Waals surface area contributed by atoms with E-state index >= 15 is 0 Å². The first kappa shape index (κ1) is 28.7. The van der Waals surface area contributed by atoms with Crippen LogP contribution in [0.5, 0.6) is 0 Å². The van der Waals surface area contributed by atoms with Crippen LogP contribution in [0.3, 0.4) is 0 Å². The van der Waals surface area contributed by atoms with Crippen LogP contribution >= 0.6 is 39.5 Å². The topological polar surface area (TPSA) is 52.8 Å². The summed E-state index contributed by atoms with van der Waals surface area (Å²) in [6, 6.07) is 16.2. The van der Waals surface area contributed by atoms with E-state index in [0.29, 0.717) is 12.1 Å². The Kier molecular flexibility index (Phi) is 9.28. The number of oxime groups is 1. The molecule has 3 rings (SSSR count). The highest BCUT2D eigenvalue weighted by atomic mass is 79.9. The number of hydrogen-bond acceptors (Lipinski definition) is 6. The van der Waals surface area contributed by atoms with Crippen LogP contribution in [0.4, 0.5) is 0 Å². The van der Waals surface area contributed by atoms with E-state index in [4.69, 9.17) is 9.57 Å². The number of aromatic nitrogens is 1. The molecule has 8 heteroatoms. The van der Waals surface area contributed by atoms with Gasteiger partial charge in [-0.15, -0.1) is 23.5 Å². The number of para-hydroxylation sites is 1. The van der Waals surface area contributed by atoms with Crippen molar-refractivity contribution in [3.05, 3.63) is 69.8 Å². The zero-order chi connectivity index (χ0) is 26.7. The van der Waals surface area contributed by atoms with E-state index in [1.807, 2.05) is 47.8 Å². The SMILES string of the molecule is CON=C(C(=O)OC)c1ccccc1Cn1c(Br)c(C(SC(C)(C)C)SC(C)(C)C)c2ccccc21. The minimum absolute atomic E-state index is 0.0875. The van der Waals surface area contributed by atoms with E-state index in [2.05, 4.69) is 91.5 Å². The second-order valence-corrected chi connectivity index (χ2v) is 15.3. The van der Waals surface area contributed by atoms with Gasteiger partial charge in [0.2, 0.25) is 0 Å². The largest absolute Gasteiger partial charge is 0.464 e. The molecule has 0 saturated heterocycles. The van der Waals surface area contributed by atoms with Crippen LogP contribution in [-0.2, 0) is 20.9 Å². The van der Waals surface area contributed by atoms with Crippen molar-refractivity contribution in [2.45, 2.75) is 62.2 Å². The number of halogens is 1. The summed E-state index contributed by atoms with van der Waals surface area (Å²) in [6.45, 7) is 14.1. The number of carbonyl (C=O) groups excluding carboxylic acids is 1. The maximum absolute atomic E-state index is 12.5. The number of esters is 1. The summed E-state index contributed by atoms with van der Waals surface area (Å²) in [6.07, 6.45) is 0. The van der Waals surface area contributed by atoms with Gasteiger partial charge in [0.25, 0.3) is 0 Å². The van der Waals surface area contributed by atoms with Crippen molar-refractivity contribution in [1.82, 2.24) is 4.57 Å². The Labute approximate surface area is 231 Å². The average Bonchev–Trinajstić information content (AvgIpc) is 3.06. The van der Waals surface area contributed by atoms with Crippen LogP contribution < -0.4 is 0 Å². The molecule has 0 aliphatic rings. The third kappa shape index (κ3) is 6.90. The van der Waals surface area contributed by atoms with Crippen molar-refractivity contribution in [2.75, 3.05) is 14.2 Å². The van der Waals surface area contributed by atoms with Gasteiger partial charge in [-0.2, -0.15) is 0 Å². The molecule has 1 heterocycles. The van der Waals surface area contributed by atoms with Crippen molar-refractivity contribution >= 4 is 62.0 Å². The zero-order valence-electron chi connectivity index (χ0n) is 22.2. The van der Waals surface area contributed by atoms with Gasteiger partial charge < -0.3 is 14.1 Å². The lowest BCUT2D eigenvalue weighted by molar-refractivity contribution is -0.132. The molecule has 0 aliphatic carbocycles. The number of nitrogens with zero attached hydrogens (tertiary/aromatic N) is 2. The first-order chi connectivity index (χ1) is 16.9. The van der Waals surface area contributed by atoms with E-state index in [9.17, 15) is 4.79 Å². The van der Waals surface area contributed by atoms with Crippen molar-refractivity contribution in [2.24, 2.45) is 5.16 Å². The van der Waals surface area contributed by atoms with Gasteiger partial charge in [0.05, 0.1) is 16.3 Å². The fourth-order valence-electron chi connectivity index (χ4n) is 3.91. The van der Waals surface area contributed by atoms with Crippen molar-refractivity contribution in [3.63, 3.8) is 0 Å². The van der Waals surface area contributed by atoms with Gasteiger partial charge in [0, 0.05) is 38.1 Å². The first-order valence-corrected chi connectivity index (χ1v) is 14.3. The molecule has 0 atom stereocenters. The molecule has 1 aromatic heterocycles. The van der Waals surface area contributed by atoms with Crippen LogP contribution in [0, 0.1) is 0 Å². The van der Waals surface area contributed by atoms with Crippen molar-refractivity contribution in [3.8, 4) is 0 Å². The highest BCUT2D eigenvalue weighted by Gasteiger charge is 2.31. The summed E-state index contributed by atoms with van der Waals surface area (Å²) in [5.74, 6) is -0.537. The second-order valence-electron chi connectivity index (χ2n) is 10.4. The van der Waals surface area contributed by atoms with Gasteiger partial charge >= 0.3 is 5.97 Å². The number of thioether (sulfide) groups is 2. The minimum atomic E-state index is -0.537. The van der Waals surface area contributed by atoms with E-state index in [1.165, 1.54) is 25.2 Å². The monoisotopic (exact) mass is 590 g/mol. The Bertz CT molecular complexity index is 1240. The maximum atomic E-state index is 12.5. The van der Waals surface area contributed by atoms with Crippen molar-refractivity contribution < 1.29 is 14.4 Å². The lowest BCUT2D eigenvalue weighted by Crippen LogP contribution is -2.20. The fraction of sp³-hybridized carbons (Fsp3) is 0.429. The molecule has 0 N–H and O–H groups in total. The number of fused-ring (bicyclic) bond motifs is 1. The summed E-state index contributed by atoms with van der Waals surface area (Å²) < 4.78 is 8.68. The van der Waals surface area contributed by atoms with Crippen LogP contribution in [-0.4, -0.2) is 40.0 Å². The predicted molar refractivity (Wildman–Crippen MR) is 158 cm³/mol.